The van der Waals surface area contributed by atoms with Crippen LogP contribution in [0.4, 0.5) is 4.79 Å². The molecular formula is C15H29N3O2. The Morgan fingerprint density at radius 3 is 2.35 bits per heavy atom. The lowest BCUT2D eigenvalue weighted by Gasteiger charge is -2.39. The predicted molar refractivity (Wildman–Crippen MR) is 79.6 cm³/mol. The highest BCUT2D eigenvalue weighted by molar-refractivity contribution is 5.68. The lowest BCUT2D eigenvalue weighted by molar-refractivity contribution is 0.0248. The Morgan fingerprint density at radius 1 is 1.20 bits per heavy atom. The first-order chi connectivity index (χ1) is 9.34. The number of hydrogen-bond donors (Lipinski definition) is 1. The first-order valence-corrected chi connectivity index (χ1v) is 7.74. The number of nitrogens with zero attached hydrogens (tertiary/aromatic N) is 2. The molecule has 0 aromatic carbocycles. The summed E-state index contributed by atoms with van der Waals surface area (Å²) in [4.78, 5) is 16.5. The van der Waals surface area contributed by atoms with Crippen LogP contribution in [0, 0.1) is 5.41 Å². The number of carbonyl (C=O) groups is 1. The van der Waals surface area contributed by atoms with Crippen molar-refractivity contribution in [1.82, 2.24) is 9.80 Å². The molecule has 1 spiro atoms. The summed E-state index contributed by atoms with van der Waals surface area (Å²) in [7, 11) is 0. The van der Waals surface area contributed by atoms with Crippen LogP contribution in [0.15, 0.2) is 0 Å². The van der Waals surface area contributed by atoms with Crippen molar-refractivity contribution < 1.29 is 9.53 Å². The van der Waals surface area contributed by atoms with Crippen LogP contribution < -0.4 is 5.73 Å². The van der Waals surface area contributed by atoms with Gasteiger partial charge in [0.15, 0.2) is 0 Å². The molecule has 2 saturated heterocycles. The molecule has 116 valence electrons. The van der Waals surface area contributed by atoms with Gasteiger partial charge in [-0.05, 0) is 58.5 Å². The monoisotopic (exact) mass is 283 g/mol. The zero-order chi connectivity index (χ0) is 14.8. The maximum Gasteiger partial charge on any atom is 0.410 e. The summed E-state index contributed by atoms with van der Waals surface area (Å²) in [5.41, 5.74) is 5.53. The molecule has 5 nitrogen and oxygen atoms in total. The van der Waals surface area contributed by atoms with Gasteiger partial charge in [-0.3, -0.25) is 0 Å². The number of hydrogen-bond acceptors (Lipinski definition) is 4. The fourth-order valence-corrected chi connectivity index (χ4v) is 3.26. The lowest BCUT2D eigenvalue weighted by Crippen LogP contribution is -2.44. The minimum atomic E-state index is -0.405. The van der Waals surface area contributed by atoms with Crippen LogP contribution in [-0.4, -0.2) is 60.8 Å². The second kappa shape index (κ2) is 5.90. The van der Waals surface area contributed by atoms with E-state index in [1.165, 1.54) is 12.8 Å². The zero-order valence-corrected chi connectivity index (χ0v) is 13.2. The molecule has 20 heavy (non-hydrogen) atoms. The van der Waals surface area contributed by atoms with E-state index in [2.05, 4.69) is 4.90 Å². The molecule has 0 bridgehead atoms. The van der Waals surface area contributed by atoms with E-state index in [1.54, 1.807) is 0 Å². The quantitative estimate of drug-likeness (QED) is 0.837. The molecule has 0 unspecified atom stereocenters. The van der Waals surface area contributed by atoms with Crippen molar-refractivity contribution in [3.63, 3.8) is 0 Å². The summed E-state index contributed by atoms with van der Waals surface area (Å²) in [5, 5.41) is 0. The van der Waals surface area contributed by atoms with Gasteiger partial charge in [0.1, 0.15) is 5.60 Å². The minimum absolute atomic E-state index is 0.154. The summed E-state index contributed by atoms with van der Waals surface area (Å²) in [6, 6.07) is 0. The first kappa shape index (κ1) is 15.6. The summed E-state index contributed by atoms with van der Waals surface area (Å²) < 4.78 is 5.48. The molecule has 2 heterocycles. The highest BCUT2D eigenvalue weighted by Gasteiger charge is 2.42. The molecule has 1 amide bonds. The van der Waals surface area contributed by atoms with Crippen LogP contribution in [0.2, 0.25) is 0 Å². The van der Waals surface area contributed by atoms with E-state index in [-0.39, 0.29) is 6.09 Å². The maximum atomic E-state index is 12.1. The van der Waals surface area contributed by atoms with Crippen LogP contribution in [0.1, 0.15) is 40.0 Å². The summed E-state index contributed by atoms with van der Waals surface area (Å²) >= 11 is 0. The molecule has 2 fully saturated rings. The Bertz CT molecular complexity index is 344. The Balaban J connectivity index is 1.85. The smallest absolute Gasteiger partial charge is 0.410 e. The van der Waals surface area contributed by atoms with Gasteiger partial charge < -0.3 is 20.3 Å². The topological polar surface area (TPSA) is 58.8 Å². The van der Waals surface area contributed by atoms with Gasteiger partial charge in [-0.1, -0.05) is 0 Å². The van der Waals surface area contributed by atoms with Crippen LogP contribution >= 0.6 is 0 Å². The number of nitrogens with two attached hydrogens (primary N) is 1. The Hall–Kier alpha value is -0.810. The van der Waals surface area contributed by atoms with E-state index in [0.717, 1.165) is 45.7 Å². The third-order valence-electron chi connectivity index (χ3n) is 4.45. The maximum absolute atomic E-state index is 12.1. The first-order valence-electron chi connectivity index (χ1n) is 7.74. The van der Waals surface area contributed by atoms with Crippen LogP contribution in [0.3, 0.4) is 0 Å². The highest BCUT2D eigenvalue weighted by atomic mass is 16.6. The van der Waals surface area contributed by atoms with Gasteiger partial charge in [-0.2, -0.15) is 0 Å². The van der Waals surface area contributed by atoms with E-state index in [1.807, 2.05) is 25.7 Å². The van der Waals surface area contributed by atoms with Gasteiger partial charge in [0.05, 0.1) is 0 Å². The number of carbonyl (C=O) groups excluding carboxylic acids is 1. The normalized spacial score (nSPS) is 23.3. The second-order valence-electron chi connectivity index (χ2n) is 7.28. The number of amides is 1. The van der Waals surface area contributed by atoms with Gasteiger partial charge in [-0.15, -0.1) is 0 Å². The van der Waals surface area contributed by atoms with E-state index in [9.17, 15) is 4.79 Å². The Kier molecular flexibility index (Phi) is 4.59. The number of likely N-dealkylation sites (tertiary alicyclic amines) is 2. The molecule has 2 aliphatic rings. The Morgan fingerprint density at radius 2 is 1.80 bits per heavy atom. The molecule has 0 radical (unpaired) electrons. The van der Waals surface area contributed by atoms with Crippen LogP contribution in [0.5, 0.6) is 0 Å². The average Bonchev–Trinajstić information content (AvgIpc) is 2.75. The minimum Gasteiger partial charge on any atom is -0.444 e. The summed E-state index contributed by atoms with van der Waals surface area (Å²) in [5.74, 6) is 0. The van der Waals surface area contributed by atoms with E-state index < -0.39 is 5.60 Å². The van der Waals surface area contributed by atoms with Gasteiger partial charge in [-0.25, -0.2) is 4.79 Å². The van der Waals surface area contributed by atoms with E-state index >= 15 is 0 Å². The molecule has 0 aromatic heterocycles. The van der Waals surface area contributed by atoms with E-state index in [0.29, 0.717) is 5.41 Å². The standard InChI is InChI=1S/C15H29N3O2/c1-14(2,3)20-13(19)18-10-6-15(12-18)4-8-17(9-5-15)11-7-16/h4-12,16H2,1-3H3. The second-order valence-corrected chi connectivity index (χ2v) is 7.28. The average molecular weight is 283 g/mol. The van der Waals surface area contributed by atoms with E-state index in [4.69, 9.17) is 10.5 Å². The third kappa shape index (κ3) is 3.85. The molecule has 0 aliphatic carbocycles. The summed E-state index contributed by atoms with van der Waals surface area (Å²) in [6.07, 6.45) is 3.31. The lowest BCUT2D eigenvalue weighted by atomic mass is 9.78. The van der Waals surface area contributed by atoms with Crippen molar-refractivity contribution in [2.24, 2.45) is 11.1 Å². The van der Waals surface area contributed by atoms with Gasteiger partial charge in [0.2, 0.25) is 0 Å². The largest absolute Gasteiger partial charge is 0.444 e. The molecule has 5 heteroatoms. The van der Waals surface area contributed by atoms with Crippen molar-refractivity contribution in [3.8, 4) is 0 Å². The zero-order valence-electron chi connectivity index (χ0n) is 13.2. The van der Waals surface area contributed by atoms with Crippen molar-refractivity contribution in [2.75, 3.05) is 39.3 Å². The van der Waals surface area contributed by atoms with Crippen molar-refractivity contribution >= 4 is 6.09 Å². The van der Waals surface area contributed by atoms with Crippen molar-refractivity contribution in [1.29, 1.82) is 0 Å². The van der Waals surface area contributed by atoms with Crippen molar-refractivity contribution in [2.45, 2.75) is 45.6 Å². The summed E-state index contributed by atoms with van der Waals surface area (Å²) in [6.45, 7) is 11.4. The molecular weight excluding hydrogens is 254 g/mol. The molecule has 2 rings (SSSR count). The van der Waals surface area contributed by atoms with Crippen molar-refractivity contribution in [3.05, 3.63) is 0 Å². The van der Waals surface area contributed by atoms with Gasteiger partial charge >= 0.3 is 6.09 Å². The number of rotatable bonds is 2. The molecule has 0 aromatic rings. The predicted octanol–water partition coefficient (Wildman–Crippen LogP) is 1.67. The highest BCUT2D eigenvalue weighted by Crippen LogP contribution is 2.40. The van der Waals surface area contributed by atoms with Crippen LogP contribution in [0.25, 0.3) is 0 Å². The fourth-order valence-electron chi connectivity index (χ4n) is 3.26. The van der Waals surface area contributed by atoms with Gasteiger partial charge in [0.25, 0.3) is 0 Å². The van der Waals surface area contributed by atoms with Crippen LogP contribution in [-0.2, 0) is 4.74 Å². The Labute approximate surface area is 122 Å². The molecule has 0 saturated carbocycles. The molecule has 0 atom stereocenters. The fraction of sp³-hybridized carbons (Fsp3) is 0.933. The molecule has 2 N–H and O–H groups in total. The number of piperidine rings is 1. The molecule has 2 aliphatic heterocycles. The third-order valence-corrected chi connectivity index (χ3v) is 4.45. The van der Waals surface area contributed by atoms with Gasteiger partial charge in [0, 0.05) is 26.2 Å². The number of ether oxygens (including phenoxy) is 1. The SMILES string of the molecule is CC(C)(C)OC(=O)N1CCC2(CCN(CCN)CC2)C1.